The van der Waals surface area contributed by atoms with Crippen molar-refractivity contribution in [3.63, 3.8) is 0 Å². The fourth-order valence-corrected chi connectivity index (χ4v) is 7.63. The molecule has 0 amide bonds. The number of carboxylic acids is 1. The maximum Gasteiger partial charge on any atom is 0.346 e. The van der Waals surface area contributed by atoms with Crippen LogP contribution in [0.3, 0.4) is 0 Å². The van der Waals surface area contributed by atoms with E-state index in [1.54, 1.807) is 6.07 Å². The first-order valence-electron chi connectivity index (χ1n) is 17.9. The third-order valence-electron chi connectivity index (χ3n) is 9.58. The molecule has 0 spiro atoms. The van der Waals surface area contributed by atoms with Crippen molar-refractivity contribution in [3.05, 3.63) is 205 Å². The van der Waals surface area contributed by atoms with E-state index in [-0.39, 0.29) is 5.57 Å². The number of carbonyl (C=O) groups is 1. The van der Waals surface area contributed by atoms with E-state index in [2.05, 4.69) is 175 Å². The molecule has 0 aliphatic heterocycles. The Kier molecular flexibility index (Phi) is 9.98. The van der Waals surface area contributed by atoms with Crippen LogP contribution in [0.2, 0.25) is 0 Å². The summed E-state index contributed by atoms with van der Waals surface area (Å²) in [6, 6.07) is 69.5. The lowest BCUT2D eigenvalue weighted by Gasteiger charge is -2.26. The second-order valence-electron chi connectivity index (χ2n) is 13.0. The minimum absolute atomic E-state index is 0.287. The minimum atomic E-state index is -1.23. The van der Waals surface area contributed by atoms with E-state index in [4.69, 9.17) is 0 Å². The Balaban J connectivity index is 1.10. The zero-order valence-electron chi connectivity index (χ0n) is 29.7. The maximum absolute atomic E-state index is 11.4. The lowest BCUT2D eigenvalue weighted by Crippen LogP contribution is -2.09. The summed E-state index contributed by atoms with van der Waals surface area (Å²) >= 11 is 1.45. The Morgan fingerprint density at radius 3 is 1.13 bits per heavy atom. The molecular weight excluding hydrogens is 693 g/mol. The van der Waals surface area contributed by atoms with E-state index in [1.165, 1.54) is 39.7 Å². The summed E-state index contributed by atoms with van der Waals surface area (Å²) in [6.45, 7) is 0. The molecule has 0 unspecified atom stereocenters. The van der Waals surface area contributed by atoms with E-state index in [9.17, 15) is 15.2 Å². The van der Waals surface area contributed by atoms with Gasteiger partial charge in [-0.25, -0.2) is 4.79 Å². The van der Waals surface area contributed by atoms with Gasteiger partial charge < -0.3 is 10.0 Å². The summed E-state index contributed by atoms with van der Waals surface area (Å²) in [6.07, 6.45) is 1.41. The molecule has 0 aliphatic carbocycles. The van der Waals surface area contributed by atoms with Gasteiger partial charge in [-0.3, -0.25) is 0 Å². The molecule has 1 N–H and O–H groups in total. The van der Waals surface area contributed by atoms with Crippen molar-refractivity contribution < 1.29 is 9.90 Å². The molecule has 5 heteroatoms. The van der Waals surface area contributed by atoms with Crippen LogP contribution in [0.5, 0.6) is 0 Å². The quantitative estimate of drug-likeness (QED) is 0.113. The fraction of sp³-hybridized carbons (Fsp3) is 0. The number of benzene rings is 7. The van der Waals surface area contributed by atoms with Crippen molar-refractivity contribution in [2.24, 2.45) is 0 Å². The Hall–Kier alpha value is -7.26. The van der Waals surface area contributed by atoms with Crippen LogP contribution >= 0.6 is 11.3 Å². The fourth-order valence-electron chi connectivity index (χ4n) is 6.67. The molecule has 0 radical (unpaired) electrons. The first-order chi connectivity index (χ1) is 27.0. The maximum atomic E-state index is 11.4. The monoisotopic (exact) mass is 726 g/mol. The van der Waals surface area contributed by atoms with E-state index >= 15 is 0 Å². The number of aliphatic carboxylic acids is 1. The molecule has 8 rings (SSSR count). The van der Waals surface area contributed by atoms with Gasteiger partial charge in [0.25, 0.3) is 0 Å². The van der Waals surface area contributed by atoms with Gasteiger partial charge in [0, 0.05) is 26.8 Å². The molecule has 8 aromatic rings. The molecule has 0 atom stereocenters. The predicted molar refractivity (Wildman–Crippen MR) is 227 cm³/mol. The van der Waals surface area contributed by atoms with Crippen LogP contribution in [-0.4, -0.2) is 11.1 Å². The van der Waals surface area contributed by atoms with Crippen LogP contribution in [-0.2, 0) is 4.79 Å². The second-order valence-corrected chi connectivity index (χ2v) is 14.2. The number of hydrogen-bond acceptors (Lipinski definition) is 4. The summed E-state index contributed by atoms with van der Waals surface area (Å²) in [5.74, 6) is -1.23. The molecule has 0 aliphatic rings. The molecule has 0 bridgehead atoms. The Labute approximate surface area is 324 Å². The van der Waals surface area contributed by atoms with Crippen molar-refractivity contribution in [2.75, 3.05) is 4.90 Å². The highest BCUT2D eigenvalue weighted by molar-refractivity contribution is 7.16. The average Bonchev–Trinajstić information content (AvgIpc) is 3.73. The van der Waals surface area contributed by atoms with Crippen molar-refractivity contribution in [2.45, 2.75) is 0 Å². The first kappa shape index (κ1) is 34.8. The standard InChI is InChI=1S/C50H34N2O2S/c51-34-44(50(53)54)33-48-31-32-49(55-48)43-23-29-47(30-24-43)52(45-25-19-41(20-26-45)39-15-11-37(12-16-39)35-7-3-1-4-8-35)46-27-21-42(22-28-46)40-17-13-38(14-18-40)36-9-5-2-6-10-36/h1-33H,(H,53,54). The van der Waals surface area contributed by atoms with Gasteiger partial charge in [0.2, 0.25) is 0 Å². The highest BCUT2D eigenvalue weighted by Crippen LogP contribution is 2.39. The molecule has 1 aromatic heterocycles. The summed E-state index contributed by atoms with van der Waals surface area (Å²) < 4.78 is 0. The zero-order chi connectivity index (χ0) is 37.6. The Morgan fingerprint density at radius 2 is 0.782 bits per heavy atom. The first-order valence-corrected chi connectivity index (χ1v) is 18.7. The molecule has 0 saturated carbocycles. The van der Waals surface area contributed by atoms with Crippen molar-refractivity contribution in [1.29, 1.82) is 5.26 Å². The molecule has 1 heterocycles. The van der Waals surface area contributed by atoms with Crippen LogP contribution in [0.1, 0.15) is 4.88 Å². The highest BCUT2D eigenvalue weighted by Gasteiger charge is 2.15. The van der Waals surface area contributed by atoms with Gasteiger partial charge in [0.05, 0.1) is 0 Å². The predicted octanol–water partition coefficient (Wildman–Crippen LogP) is 13.5. The molecule has 0 saturated heterocycles. The second kappa shape index (κ2) is 15.8. The number of carboxylic acid groups (broad SMARTS) is 1. The molecule has 4 nitrogen and oxygen atoms in total. The number of hydrogen-bond donors (Lipinski definition) is 1. The normalized spacial score (nSPS) is 11.1. The lowest BCUT2D eigenvalue weighted by molar-refractivity contribution is -0.132. The van der Waals surface area contributed by atoms with Crippen molar-refractivity contribution >= 4 is 40.4 Å². The van der Waals surface area contributed by atoms with Gasteiger partial charge >= 0.3 is 5.97 Å². The van der Waals surface area contributed by atoms with Gasteiger partial charge in [-0.05, 0) is 105 Å². The molecule has 0 fully saturated rings. The third-order valence-corrected chi connectivity index (χ3v) is 10.7. The third kappa shape index (κ3) is 7.77. The molecule has 7 aromatic carbocycles. The van der Waals surface area contributed by atoms with Gasteiger partial charge in [0.1, 0.15) is 11.6 Å². The number of nitriles is 1. The Morgan fingerprint density at radius 1 is 0.455 bits per heavy atom. The van der Waals surface area contributed by atoms with Crippen LogP contribution in [0, 0.1) is 11.3 Å². The summed E-state index contributed by atoms with van der Waals surface area (Å²) in [5, 5.41) is 18.5. The number of anilines is 3. The molecule has 262 valence electrons. The largest absolute Gasteiger partial charge is 0.477 e. The zero-order valence-corrected chi connectivity index (χ0v) is 30.5. The number of nitrogens with zero attached hydrogens (tertiary/aromatic N) is 2. The van der Waals surface area contributed by atoms with E-state index in [0.29, 0.717) is 4.88 Å². The Bertz CT molecular complexity index is 2490. The number of thiophene rings is 1. The van der Waals surface area contributed by atoms with Crippen molar-refractivity contribution in [1.82, 2.24) is 0 Å². The van der Waals surface area contributed by atoms with Crippen molar-refractivity contribution in [3.8, 4) is 61.0 Å². The van der Waals surface area contributed by atoms with Crippen LogP contribution in [0.15, 0.2) is 200 Å². The topological polar surface area (TPSA) is 64.3 Å². The highest BCUT2D eigenvalue weighted by atomic mass is 32.1. The summed E-state index contributed by atoms with van der Waals surface area (Å²) in [5.41, 5.74) is 13.1. The van der Waals surface area contributed by atoms with Crippen LogP contribution in [0.4, 0.5) is 17.1 Å². The van der Waals surface area contributed by atoms with Gasteiger partial charge in [-0.1, -0.05) is 146 Å². The summed E-state index contributed by atoms with van der Waals surface area (Å²) in [4.78, 5) is 15.3. The van der Waals surface area contributed by atoms with Crippen LogP contribution < -0.4 is 4.90 Å². The molecular formula is C50H34N2O2S. The SMILES string of the molecule is N#CC(=Cc1ccc(-c2ccc(N(c3ccc(-c4ccc(-c5ccccc5)cc4)cc3)c3ccc(-c4ccc(-c5ccccc5)cc4)cc3)cc2)s1)C(=O)O. The van der Waals surface area contributed by atoms with E-state index in [0.717, 1.165) is 49.8 Å². The minimum Gasteiger partial charge on any atom is -0.477 e. The lowest BCUT2D eigenvalue weighted by atomic mass is 9.99. The van der Waals surface area contributed by atoms with Gasteiger partial charge in [-0.15, -0.1) is 11.3 Å². The van der Waals surface area contributed by atoms with Gasteiger partial charge in [0.15, 0.2) is 0 Å². The average molecular weight is 727 g/mol. The van der Waals surface area contributed by atoms with E-state index in [1.807, 2.05) is 24.3 Å². The van der Waals surface area contributed by atoms with Gasteiger partial charge in [-0.2, -0.15) is 5.26 Å². The smallest absolute Gasteiger partial charge is 0.346 e. The van der Waals surface area contributed by atoms with Crippen LogP contribution in [0.25, 0.3) is 61.0 Å². The molecule has 55 heavy (non-hydrogen) atoms. The van der Waals surface area contributed by atoms with E-state index < -0.39 is 5.97 Å². The number of rotatable bonds is 10. The summed E-state index contributed by atoms with van der Waals surface area (Å²) in [7, 11) is 0.